The highest BCUT2D eigenvalue weighted by molar-refractivity contribution is 4.98. The van der Waals surface area contributed by atoms with Gasteiger partial charge in [0, 0.05) is 26.1 Å². The Morgan fingerprint density at radius 1 is 1.67 bits per heavy atom. The number of aliphatic hydroxyl groups excluding tert-OH is 1. The van der Waals surface area contributed by atoms with E-state index >= 15 is 0 Å². The average Bonchev–Trinajstić information content (AvgIpc) is 2.77. The molecule has 0 bridgehead atoms. The summed E-state index contributed by atoms with van der Waals surface area (Å²) < 4.78 is 10.6. The van der Waals surface area contributed by atoms with Gasteiger partial charge in [-0.2, -0.15) is 0 Å². The zero-order valence-corrected chi connectivity index (χ0v) is 8.98. The number of aliphatic hydroxyl groups is 1. The molecule has 0 aliphatic carbocycles. The molecule has 0 aromatic carbocycles. The standard InChI is InChI=1S/C11H17NO3/c1-8(13)4-10-7-15-11(12-10)5-9-2-3-14-6-9/h7-9,13H,2-6H2,1H3. The topological polar surface area (TPSA) is 55.5 Å². The van der Waals surface area contributed by atoms with E-state index in [1.165, 1.54) is 0 Å². The molecule has 1 aromatic heterocycles. The van der Waals surface area contributed by atoms with Crippen LogP contribution in [0, 0.1) is 5.92 Å². The summed E-state index contributed by atoms with van der Waals surface area (Å²) in [5, 5.41) is 9.20. The molecule has 0 spiro atoms. The van der Waals surface area contributed by atoms with Crippen molar-refractivity contribution in [3.05, 3.63) is 17.8 Å². The Morgan fingerprint density at radius 3 is 3.20 bits per heavy atom. The van der Waals surface area contributed by atoms with E-state index in [1.807, 2.05) is 0 Å². The second-order valence-corrected chi connectivity index (χ2v) is 4.22. The quantitative estimate of drug-likeness (QED) is 0.812. The zero-order valence-electron chi connectivity index (χ0n) is 8.98. The summed E-state index contributed by atoms with van der Waals surface area (Å²) in [5.41, 5.74) is 0.832. The number of ether oxygens (including phenoxy) is 1. The van der Waals surface area contributed by atoms with Crippen LogP contribution in [0.1, 0.15) is 24.9 Å². The maximum atomic E-state index is 9.20. The Morgan fingerprint density at radius 2 is 2.53 bits per heavy atom. The Balaban J connectivity index is 1.88. The molecular formula is C11H17NO3. The molecular weight excluding hydrogens is 194 g/mol. The molecule has 1 aromatic rings. The number of rotatable bonds is 4. The van der Waals surface area contributed by atoms with Gasteiger partial charge in [-0.05, 0) is 19.3 Å². The van der Waals surface area contributed by atoms with Gasteiger partial charge in [-0.25, -0.2) is 4.98 Å². The number of aromatic nitrogens is 1. The summed E-state index contributed by atoms with van der Waals surface area (Å²) >= 11 is 0. The van der Waals surface area contributed by atoms with E-state index in [9.17, 15) is 5.11 Å². The molecule has 2 atom stereocenters. The second kappa shape index (κ2) is 4.77. The van der Waals surface area contributed by atoms with Crippen LogP contribution in [0.3, 0.4) is 0 Å². The first kappa shape index (κ1) is 10.6. The molecule has 15 heavy (non-hydrogen) atoms. The third kappa shape index (κ3) is 3.04. The van der Waals surface area contributed by atoms with Gasteiger partial charge in [0.2, 0.25) is 0 Å². The van der Waals surface area contributed by atoms with Gasteiger partial charge in [0.15, 0.2) is 5.89 Å². The lowest BCUT2D eigenvalue weighted by Gasteiger charge is -2.02. The van der Waals surface area contributed by atoms with Crippen LogP contribution >= 0.6 is 0 Å². The van der Waals surface area contributed by atoms with E-state index in [0.29, 0.717) is 12.3 Å². The third-order valence-corrected chi connectivity index (χ3v) is 2.59. The molecule has 1 aliphatic heterocycles. The monoisotopic (exact) mass is 211 g/mol. The van der Waals surface area contributed by atoms with Crippen LogP contribution in [0.25, 0.3) is 0 Å². The maximum absolute atomic E-state index is 9.20. The van der Waals surface area contributed by atoms with Crippen LogP contribution in [-0.4, -0.2) is 29.4 Å². The van der Waals surface area contributed by atoms with Gasteiger partial charge >= 0.3 is 0 Å². The molecule has 1 fully saturated rings. The minimum atomic E-state index is -0.363. The average molecular weight is 211 g/mol. The van der Waals surface area contributed by atoms with E-state index < -0.39 is 0 Å². The third-order valence-electron chi connectivity index (χ3n) is 2.59. The van der Waals surface area contributed by atoms with E-state index in [-0.39, 0.29) is 6.10 Å². The van der Waals surface area contributed by atoms with Crippen molar-refractivity contribution in [3.63, 3.8) is 0 Å². The highest BCUT2D eigenvalue weighted by Gasteiger charge is 2.18. The van der Waals surface area contributed by atoms with Crippen molar-refractivity contribution >= 4 is 0 Å². The first-order chi connectivity index (χ1) is 7.24. The van der Waals surface area contributed by atoms with Gasteiger partial charge in [0.05, 0.1) is 11.8 Å². The molecule has 84 valence electrons. The van der Waals surface area contributed by atoms with E-state index in [4.69, 9.17) is 9.15 Å². The molecule has 1 aliphatic rings. The van der Waals surface area contributed by atoms with Crippen LogP contribution in [0.2, 0.25) is 0 Å². The lowest BCUT2D eigenvalue weighted by Crippen LogP contribution is -2.06. The van der Waals surface area contributed by atoms with E-state index in [1.54, 1.807) is 13.2 Å². The second-order valence-electron chi connectivity index (χ2n) is 4.22. The van der Waals surface area contributed by atoms with Crippen LogP contribution in [0.15, 0.2) is 10.7 Å². The Hall–Kier alpha value is -0.870. The molecule has 2 heterocycles. The van der Waals surface area contributed by atoms with Crippen molar-refractivity contribution in [2.24, 2.45) is 5.92 Å². The van der Waals surface area contributed by atoms with E-state index in [2.05, 4.69) is 4.98 Å². The normalized spacial score (nSPS) is 23.2. The fourth-order valence-electron chi connectivity index (χ4n) is 1.83. The summed E-state index contributed by atoms with van der Waals surface area (Å²) in [6, 6.07) is 0. The Labute approximate surface area is 89.3 Å². The smallest absolute Gasteiger partial charge is 0.194 e. The molecule has 0 radical (unpaired) electrons. The van der Waals surface area contributed by atoms with Crippen LogP contribution in [0.5, 0.6) is 0 Å². The highest BCUT2D eigenvalue weighted by atomic mass is 16.5. The SMILES string of the molecule is CC(O)Cc1coc(CC2CCOC2)n1. The van der Waals surface area contributed by atoms with Crippen molar-refractivity contribution in [1.29, 1.82) is 0 Å². The summed E-state index contributed by atoms with van der Waals surface area (Å²) in [7, 11) is 0. The lowest BCUT2D eigenvalue weighted by atomic mass is 10.1. The van der Waals surface area contributed by atoms with Crippen molar-refractivity contribution in [3.8, 4) is 0 Å². The van der Waals surface area contributed by atoms with Gasteiger partial charge < -0.3 is 14.3 Å². The van der Waals surface area contributed by atoms with Crippen molar-refractivity contribution in [1.82, 2.24) is 4.98 Å². The molecule has 4 heteroatoms. The predicted molar refractivity (Wildman–Crippen MR) is 54.5 cm³/mol. The van der Waals surface area contributed by atoms with Crippen LogP contribution in [0.4, 0.5) is 0 Å². The lowest BCUT2D eigenvalue weighted by molar-refractivity contribution is 0.184. The Kier molecular flexibility index (Phi) is 3.38. The van der Waals surface area contributed by atoms with Crippen molar-refractivity contribution in [2.45, 2.75) is 32.3 Å². The summed E-state index contributed by atoms with van der Waals surface area (Å²) in [5.74, 6) is 1.31. The van der Waals surface area contributed by atoms with Crippen LogP contribution < -0.4 is 0 Å². The number of nitrogens with zero attached hydrogens (tertiary/aromatic N) is 1. The van der Waals surface area contributed by atoms with Crippen molar-refractivity contribution < 1.29 is 14.3 Å². The maximum Gasteiger partial charge on any atom is 0.194 e. The van der Waals surface area contributed by atoms with Gasteiger partial charge in [-0.15, -0.1) is 0 Å². The molecule has 1 N–H and O–H groups in total. The van der Waals surface area contributed by atoms with E-state index in [0.717, 1.165) is 37.6 Å². The summed E-state index contributed by atoms with van der Waals surface area (Å²) in [6.45, 7) is 3.42. The van der Waals surface area contributed by atoms with Gasteiger partial charge in [-0.1, -0.05) is 0 Å². The first-order valence-corrected chi connectivity index (χ1v) is 5.43. The summed E-state index contributed by atoms with van der Waals surface area (Å²) in [6.07, 6.45) is 3.77. The van der Waals surface area contributed by atoms with Crippen LogP contribution in [-0.2, 0) is 17.6 Å². The zero-order chi connectivity index (χ0) is 10.7. The molecule has 0 saturated carbocycles. The minimum Gasteiger partial charge on any atom is -0.449 e. The number of hydrogen-bond donors (Lipinski definition) is 1. The highest BCUT2D eigenvalue weighted by Crippen LogP contribution is 2.18. The first-order valence-electron chi connectivity index (χ1n) is 5.43. The van der Waals surface area contributed by atoms with Gasteiger partial charge in [0.1, 0.15) is 6.26 Å². The summed E-state index contributed by atoms with van der Waals surface area (Å²) in [4.78, 5) is 4.33. The fourth-order valence-corrected chi connectivity index (χ4v) is 1.83. The van der Waals surface area contributed by atoms with Crippen molar-refractivity contribution in [2.75, 3.05) is 13.2 Å². The van der Waals surface area contributed by atoms with Gasteiger partial charge in [-0.3, -0.25) is 0 Å². The minimum absolute atomic E-state index is 0.363. The molecule has 0 amide bonds. The molecule has 1 saturated heterocycles. The van der Waals surface area contributed by atoms with Gasteiger partial charge in [0.25, 0.3) is 0 Å². The number of hydrogen-bond acceptors (Lipinski definition) is 4. The Bertz CT molecular complexity index is 303. The molecule has 2 rings (SSSR count). The fraction of sp³-hybridized carbons (Fsp3) is 0.727. The largest absolute Gasteiger partial charge is 0.449 e. The number of oxazole rings is 1. The molecule has 2 unspecified atom stereocenters. The molecule has 4 nitrogen and oxygen atoms in total. The predicted octanol–water partition coefficient (Wildman–Crippen LogP) is 1.18.